The summed E-state index contributed by atoms with van der Waals surface area (Å²) in [6.45, 7) is 0. The fourth-order valence-electron chi connectivity index (χ4n) is 1.53. The molecule has 7 nitrogen and oxygen atoms in total. The molecule has 1 fully saturated rings. The van der Waals surface area contributed by atoms with Gasteiger partial charge in [-0.05, 0) is 12.8 Å². The molecule has 0 aromatic heterocycles. The summed E-state index contributed by atoms with van der Waals surface area (Å²) in [5.41, 5.74) is 0. The van der Waals surface area contributed by atoms with Gasteiger partial charge in [0.05, 0.1) is 0 Å². The smallest absolute Gasteiger partial charge is 0.294 e. The van der Waals surface area contributed by atoms with Crippen LogP contribution in [0.15, 0.2) is 0 Å². The van der Waals surface area contributed by atoms with Crippen LogP contribution in [0.25, 0.3) is 0 Å². The molecule has 74 valence electrons. The number of rotatable bonds is 3. The lowest BCUT2D eigenvalue weighted by Gasteiger charge is -2.21. The summed E-state index contributed by atoms with van der Waals surface area (Å²) in [4.78, 5) is 24.2. The first-order chi connectivity index (χ1) is 6.09. The first-order valence-electron chi connectivity index (χ1n) is 4.04. The molecule has 0 spiro atoms. The molecule has 0 N–H and O–H groups in total. The predicted octanol–water partition coefficient (Wildman–Crippen LogP) is 0.783. The zero-order valence-electron chi connectivity index (χ0n) is 6.92. The highest BCUT2D eigenvalue weighted by Crippen LogP contribution is 2.22. The average molecular weight is 190 g/mol. The molecule has 0 aromatic rings. The maximum atomic E-state index is 10.4. The Hall–Kier alpha value is -1.40. The lowest BCUT2D eigenvalue weighted by atomic mass is 9.93. The largest absolute Gasteiger partial charge is 0.310 e. The topological polar surface area (TPSA) is 95.5 Å². The van der Waals surface area contributed by atoms with Crippen molar-refractivity contribution in [1.29, 1.82) is 0 Å². The zero-order valence-corrected chi connectivity index (χ0v) is 6.92. The van der Waals surface area contributed by atoms with Crippen LogP contribution < -0.4 is 0 Å². The van der Waals surface area contributed by atoms with Crippen LogP contribution in [0.1, 0.15) is 25.7 Å². The van der Waals surface area contributed by atoms with E-state index < -0.39 is 22.2 Å². The molecule has 13 heavy (non-hydrogen) atoms. The lowest BCUT2D eigenvalue weighted by molar-refractivity contribution is -0.770. The van der Waals surface area contributed by atoms with Crippen molar-refractivity contribution in [2.45, 2.75) is 37.8 Å². The normalized spacial score (nSPS) is 28.0. The summed E-state index contributed by atoms with van der Waals surface area (Å²) in [7, 11) is 0. The van der Waals surface area contributed by atoms with Gasteiger partial charge in [0, 0.05) is 17.8 Å². The Balaban J connectivity index is 2.41. The Labute approximate surface area is 73.9 Å². The van der Waals surface area contributed by atoms with Gasteiger partial charge in [-0.1, -0.05) is 0 Å². The van der Waals surface area contributed by atoms with Crippen molar-refractivity contribution in [3.63, 3.8) is 0 Å². The summed E-state index contributed by atoms with van der Waals surface area (Å²) < 4.78 is 0. The van der Waals surface area contributed by atoms with E-state index in [9.17, 15) is 20.2 Å². The second-order valence-electron chi connectivity index (χ2n) is 3.06. The highest BCUT2D eigenvalue weighted by molar-refractivity contribution is 4.71. The Bertz CT molecular complexity index is 219. The molecule has 0 aromatic carbocycles. The molecular weight excluding hydrogens is 180 g/mol. The predicted molar refractivity (Wildman–Crippen MR) is 41.1 cm³/mol. The highest BCUT2D eigenvalue weighted by Gasteiger charge is 2.31. The molecule has 0 heterocycles. The fourth-order valence-corrected chi connectivity index (χ4v) is 1.53. The van der Waals surface area contributed by atoms with E-state index in [0.29, 0.717) is 19.3 Å². The second-order valence-corrected chi connectivity index (χ2v) is 3.06. The molecular formula is C6H10N2O5. The summed E-state index contributed by atoms with van der Waals surface area (Å²) in [6.07, 6.45) is 1.19. The minimum Gasteiger partial charge on any atom is -0.310 e. The summed E-state index contributed by atoms with van der Waals surface area (Å²) in [5.74, 6) is 0. The average Bonchev–Trinajstić information content (AvgIpc) is 2.03. The third kappa shape index (κ3) is 2.85. The van der Waals surface area contributed by atoms with Crippen molar-refractivity contribution in [1.82, 2.24) is 0 Å². The first kappa shape index (κ1) is 9.69. The molecule has 2 atom stereocenters. The molecule has 7 heteroatoms. The molecule has 0 amide bonds. The van der Waals surface area contributed by atoms with Crippen molar-refractivity contribution in [3.05, 3.63) is 20.2 Å². The molecule has 0 radical (unpaired) electrons. The maximum absolute atomic E-state index is 10.4. The van der Waals surface area contributed by atoms with Crippen LogP contribution in [0.3, 0.4) is 0 Å². The first-order valence-corrected chi connectivity index (χ1v) is 4.04. The zero-order chi connectivity index (χ0) is 9.84. The Kier molecular flexibility index (Phi) is 2.99. The number of nitro groups is 1. The van der Waals surface area contributed by atoms with Crippen LogP contribution in [-0.2, 0) is 4.84 Å². The number of hydrogen-bond acceptors (Lipinski definition) is 5. The molecule has 1 saturated carbocycles. The molecule has 1 aliphatic carbocycles. The van der Waals surface area contributed by atoms with Gasteiger partial charge in [0.15, 0.2) is 0 Å². The number of hydrogen-bond donors (Lipinski definition) is 0. The minimum atomic E-state index is -0.882. The summed E-state index contributed by atoms with van der Waals surface area (Å²) in [5, 5.41) is 19.4. The second kappa shape index (κ2) is 4.01. The molecule has 1 aliphatic rings. The third-order valence-corrected chi connectivity index (χ3v) is 2.13. The Morgan fingerprint density at radius 1 is 1.23 bits per heavy atom. The van der Waals surface area contributed by atoms with E-state index in [2.05, 4.69) is 4.84 Å². The molecule has 0 bridgehead atoms. The van der Waals surface area contributed by atoms with Crippen LogP contribution in [0.2, 0.25) is 0 Å². The van der Waals surface area contributed by atoms with E-state index in [1.165, 1.54) is 0 Å². The third-order valence-electron chi connectivity index (χ3n) is 2.13. The van der Waals surface area contributed by atoms with Crippen LogP contribution in [0.5, 0.6) is 0 Å². The quantitative estimate of drug-likeness (QED) is 0.484. The van der Waals surface area contributed by atoms with Crippen LogP contribution >= 0.6 is 0 Å². The van der Waals surface area contributed by atoms with Gasteiger partial charge in [0.2, 0.25) is 6.04 Å². The van der Waals surface area contributed by atoms with Gasteiger partial charge < -0.3 is 4.84 Å². The van der Waals surface area contributed by atoms with Gasteiger partial charge >= 0.3 is 0 Å². The van der Waals surface area contributed by atoms with Crippen LogP contribution in [0.4, 0.5) is 0 Å². The summed E-state index contributed by atoms with van der Waals surface area (Å²) >= 11 is 0. The van der Waals surface area contributed by atoms with Gasteiger partial charge in [-0.15, -0.1) is 10.1 Å². The lowest BCUT2D eigenvalue weighted by Crippen LogP contribution is -2.32. The van der Waals surface area contributed by atoms with Crippen LogP contribution in [-0.4, -0.2) is 22.2 Å². The van der Waals surface area contributed by atoms with Gasteiger partial charge in [-0.25, -0.2) is 0 Å². The Morgan fingerprint density at radius 2 is 1.92 bits per heavy atom. The van der Waals surface area contributed by atoms with Crippen molar-refractivity contribution in [2.24, 2.45) is 0 Å². The molecule has 0 aliphatic heterocycles. The van der Waals surface area contributed by atoms with Gasteiger partial charge in [-0.2, -0.15) is 0 Å². The SMILES string of the molecule is O=[N+]([O-])OC1CCCC([N+](=O)[O-])C1. The van der Waals surface area contributed by atoms with Crippen molar-refractivity contribution >= 4 is 0 Å². The van der Waals surface area contributed by atoms with Crippen LogP contribution in [0, 0.1) is 20.2 Å². The van der Waals surface area contributed by atoms with E-state index in [1.54, 1.807) is 0 Å². The van der Waals surface area contributed by atoms with Gasteiger partial charge in [0.25, 0.3) is 5.09 Å². The highest BCUT2D eigenvalue weighted by atomic mass is 17.0. The number of nitrogens with zero attached hydrogens (tertiary/aromatic N) is 2. The monoisotopic (exact) mass is 190 g/mol. The maximum Gasteiger partial charge on any atom is 0.294 e. The van der Waals surface area contributed by atoms with E-state index in [1.807, 2.05) is 0 Å². The minimum absolute atomic E-state index is 0.147. The van der Waals surface area contributed by atoms with E-state index in [4.69, 9.17) is 0 Å². The summed E-state index contributed by atoms with van der Waals surface area (Å²) in [6, 6.07) is -0.682. The van der Waals surface area contributed by atoms with Crippen molar-refractivity contribution in [3.8, 4) is 0 Å². The van der Waals surface area contributed by atoms with Gasteiger partial charge in [0.1, 0.15) is 6.10 Å². The van der Waals surface area contributed by atoms with Gasteiger partial charge in [-0.3, -0.25) is 10.1 Å². The van der Waals surface area contributed by atoms with Crippen molar-refractivity contribution in [2.75, 3.05) is 0 Å². The fraction of sp³-hybridized carbons (Fsp3) is 1.00. The molecule has 0 saturated heterocycles. The van der Waals surface area contributed by atoms with Crippen molar-refractivity contribution < 1.29 is 14.8 Å². The Morgan fingerprint density at radius 3 is 2.46 bits per heavy atom. The van der Waals surface area contributed by atoms with E-state index in [-0.39, 0.29) is 6.42 Å². The standard InChI is InChI=1S/C6H10N2O5/c9-7(10)5-2-1-3-6(4-5)13-8(11)12/h5-6H,1-4H2. The van der Waals surface area contributed by atoms with E-state index >= 15 is 0 Å². The molecule has 2 unspecified atom stereocenters. The molecule has 1 rings (SSSR count). The van der Waals surface area contributed by atoms with E-state index in [0.717, 1.165) is 0 Å².